The van der Waals surface area contributed by atoms with Gasteiger partial charge >= 0.3 is 0 Å². The monoisotopic (exact) mass is 428 g/mol. The Kier molecular flexibility index (Phi) is 5.74. The van der Waals surface area contributed by atoms with Crippen molar-refractivity contribution in [1.29, 1.82) is 0 Å². The quantitative estimate of drug-likeness (QED) is 0.784. The lowest BCUT2D eigenvalue weighted by Crippen LogP contribution is -2.62. The van der Waals surface area contributed by atoms with E-state index in [4.69, 9.17) is 11.6 Å². The zero-order valence-electron chi connectivity index (χ0n) is 15.1. The molecule has 1 aliphatic heterocycles. The van der Waals surface area contributed by atoms with Crippen molar-refractivity contribution >= 4 is 27.3 Å². The van der Waals surface area contributed by atoms with Crippen molar-refractivity contribution < 1.29 is 22.0 Å². The topological polar surface area (TPSA) is 75.3 Å². The van der Waals surface area contributed by atoms with Crippen LogP contribution in [0, 0.1) is 18.6 Å². The number of rotatable bonds is 4. The maximum Gasteiger partial charge on any atom is 0.252 e. The lowest BCUT2D eigenvalue weighted by Gasteiger charge is -2.38. The minimum Gasteiger partial charge on any atom is -0.332 e. The smallest absolute Gasteiger partial charge is 0.252 e. The van der Waals surface area contributed by atoms with E-state index in [0.717, 1.165) is 12.1 Å². The predicted molar refractivity (Wildman–Crippen MR) is 102 cm³/mol. The zero-order valence-corrected chi connectivity index (χ0v) is 16.6. The molecule has 1 heterocycles. The first-order valence-electron chi connectivity index (χ1n) is 8.65. The molecule has 1 saturated heterocycles. The van der Waals surface area contributed by atoms with Gasteiger partial charge in [-0.05, 0) is 56.1 Å². The molecule has 9 heteroatoms. The first-order chi connectivity index (χ1) is 13.2. The van der Waals surface area contributed by atoms with Gasteiger partial charge in [0.05, 0.1) is 4.90 Å². The van der Waals surface area contributed by atoms with Crippen LogP contribution in [0.1, 0.15) is 28.8 Å². The van der Waals surface area contributed by atoms with Crippen molar-refractivity contribution in [2.24, 2.45) is 0 Å². The van der Waals surface area contributed by atoms with Crippen molar-refractivity contribution in [1.82, 2.24) is 10.6 Å². The highest BCUT2D eigenvalue weighted by molar-refractivity contribution is 7.93. The van der Waals surface area contributed by atoms with Crippen molar-refractivity contribution in [3.8, 4) is 0 Å². The van der Waals surface area contributed by atoms with E-state index in [9.17, 15) is 22.0 Å². The molecule has 0 aromatic heterocycles. The molecule has 0 bridgehead atoms. The average molecular weight is 429 g/mol. The molecule has 1 atom stereocenters. The van der Waals surface area contributed by atoms with Gasteiger partial charge in [-0.2, -0.15) is 0 Å². The summed E-state index contributed by atoms with van der Waals surface area (Å²) in [5, 5.41) is 5.80. The van der Waals surface area contributed by atoms with Crippen LogP contribution >= 0.6 is 11.6 Å². The molecule has 3 rings (SSSR count). The molecule has 28 heavy (non-hydrogen) atoms. The van der Waals surface area contributed by atoms with Gasteiger partial charge in [0, 0.05) is 23.2 Å². The molecule has 1 amide bonds. The van der Waals surface area contributed by atoms with Gasteiger partial charge in [-0.15, -0.1) is 0 Å². The highest BCUT2D eigenvalue weighted by Crippen LogP contribution is 2.34. The third kappa shape index (κ3) is 3.76. The largest absolute Gasteiger partial charge is 0.332 e. The molecule has 0 unspecified atom stereocenters. The maximum atomic E-state index is 13.5. The summed E-state index contributed by atoms with van der Waals surface area (Å²) in [6, 6.07) is 6.90. The Balaban J connectivity index is 2.05. The van der Waals surface area contributed by atoms with E-state index in [2.05, 4.69) is 10.6 Å². The molecule has 0 radical (unpaired) electrons. The van der Waals surface area contributed by atoms with Crippen LogP contribution in [0.5, 0.6) is 0 Å². The first-order valence-corrected chi connectivity index (χ1v) is 10.5. The van der Waals surface area contributed by atoms with Crippen molar-refractivity contribution in [2.45, 2.75) is 29.5 Å². The summed E-state index contributed by atoms with van der Waals surface area (Å²) < 4.78 is 54.0. The molecule has 0 saturated carbocycles. The summed E-state index contributed by atoms with van der Waals surface area (Å²) >= 11 is 6.09. The molecule has 0 spiro atoms. The predicted octanol–water partition coefficient (Wildman–Crippen LogP) is 3.21. The van der Waals surface area contributed by atoms with Crippen molar-refractivity contribution in [2.75, 3.05) is 13.1 Å². The van der Waals surface area contributed by atoms with Gasteiger partial charge in [0.1, 0.15) is 11.6 Å². The number of amides is 1. The van der Waals surface area contributed by atoms with Gasteiger partial charge in [-0.25, -0.2) is 17.2 Å². The normalized spacial score (nSPS) is 20.0. The summed E-state index contributed by atoms with van der Waals surface area (Å²) in [5.41, 5.74) is 0.0839. The van der Waals surface area contributed by atoms with Crippen molar-refractivity contribution in [3.63, 3.8) is 0 Å². The summed E-state index contributed by atoms with van der Waals surface area (Å²) in [5.74, 6) is -2.71. The summed E-state index contributed by atoms with van der Waals surface area (Å²) in [4.78, 5) is 11.0. The van der Waals surface area contributed by atoms with Crippen LogP contribution in [0.4, 0.5) is 8.78 Å². The average Bonchev–Trinajstić information content (AvgIpc) is 2.63. The Morgan fingerprint density at radius 2 is 1.89 bits per heavy atom. The van der Waals surface area contributed by atoms with Gasteiger partial charge in [0.2, 0.25) is 9.84 Å². The molecule has 150 valence electrons. The fourth-order valence-electron chi connectivity index (χ4n) is 3.33. The number of halogens is 3. The number of hydrogen-bond acceptors (Lipinski definition) is 4. The molecule has 0 aliphatic carbocycles. The highest BCUT2D eigenvalue weighted by atomic mass is 35.5. The Hall–Kier alpha value is -2.03. The fourth-order valence-corrected chi connectivity index (χ4v) is 5.69. The standard InChI is InChI=1S/C19H19ClF2N2O3S/c1-12-16(20)4-2-5-17(12)28(26,27)19(6-3-7-23-11-19)24-18(25)13-8-14(21)10-15(22)9-13/h2,4-5,8-10,23H,3,6-7,11H2,1H3,(H,24,25)/t19-/m0/s1. The van der Waals surface area contributed by atoms with Crippen LogP contribution in [0.25, 0.3) is 0 Å². The number of carbonyl (C=O) groups excluding carboxylic acids is 1. The van der Waals surface area contributed by atoms with E-state index in [-0.39, 0.29) is 23.4 Å². The molecule has 2 aromatic carbocycles. The van der Waals surface area contributed by atoms with Gasteiger partial charge in [-0.1, -0.05) is 17.7 Å². The molecule has 2 N–H and O–H groups in total. The second-order valence-electron chi connectivity index (χ2n) is 6.75. The van der Waals surface area contributed by atoms with Crippen LogP contribution in [0.15, 0.2) is 41.3 Å². The number of carbonyl (C=O) groups is 1. The van der Waals surface area contributed by atoms with E-state index in [0.29, 0.717) is 29.6 Å². The summed E-state index contributed by atoms with van der Waals surface area (Å²) in [7, 11) is -4.07. The number of piperidine rings is 1. The number of nitrogens with one attached hydrogen (secondary N) is 2. The van der Waals surface area contributed by atoms with Crippen LogP contribution in [-0.4, -0.2) is 32.3 Å². The maximum absolute atomic E-state index is 13.5. The molecular formula is C19H19ClF2N2O3S. The SMILES string of the molecule is Cc1c(Cl)cccc1S(=O)(=O)[C@@]1(NC(=O)c2cc(F)cc(F)c2)CCCNC1. The van der Waals surface area contributed by atoms with E-state index in [1.54, 1.807) is 13.0 Å². The molecule has 1 aliphatic rings. The minimum atomic E-state index is -4.07. The van der Waals surface area contributed by atoms with Crippen LogP contribution in [-0.2, 0) is 9.84 Å². The summed E-state index contributed by atoms with van der Waals surface area (Å²) in [6.07, 6.45) is 0.647. The first kappa shape index (κ1) is 20.7. The molecular weight excluding hydrogens is 410 g/mol. The third-order valence-electron chi connectivity index (χ3n) is 4.83. The van der Waals surface area contributed by atoms with Gasteiger partial charge in [0.15, 0.2) is 4.87 Å². The van der Waals surface area contributed by atoms with Crippen molar-refractivity contribution in [3.05, 3.63) is 64.2 Å². The molecule has 1 fully saturated rings. The lowest BCUT2D eigenvalue weighted by atomic mass is 10.1. The summed E-state index contributed by atoms with van der Waals surface area (Å²) in [6.45, 7) is 2.14. The number of benzene rings is 2. The molecule has 2 aromatic rings. The Morgan fingerprint density at radius 1 is 1.21 bits per heavy atom. The number of hydrogen-bond donors (Lipinski definition) is 2. The number of sulfone groups is 1. The minimum absolute atomic E-state index is 0.00872. The van der Waals surface area contributed by atoms with E-state index >= 15 is 0 Å². The van der Waals surface area contributed by atoms with E-state index < -0.39 is 32.2 Å². The van der Waals surface area contributed by atoms with Crippen LogP contribution in [0.3, 0.4) is 0 Å². The zero-order chi connectivity index (χ0) is 20.5. The Labute approximate surface area is 167 Å². The van der Waals surface area contributed by atoms with Crippen LogP contribution in [0.2, 0.25) is 5.02 Å². The van der Waals surface area contributed by atoms with Gasteiger partial charge in [-0.3, -0.25) is 4.79 Å². The fraction of sp³-hybridized carbons (Fsp3) is 0.316. The Morgan fingerprint density at radius 3 is 2.50 bits per heavy atom. The molecule has 5 nitrogen and oxygen atoms in total. The van der Waals surface area contributed by atoms with Gasteiger partial charge in [0.25, 0.3) is 5.91 Å². The third-order valence-corrected chi connectivity index (χ3v) is 7.74. The Bertz CT molecular complexity index is 1000. The second kappa shape index (κ2) is 7.77. The van der Waals surface area contributed by atoms with Crippen LogP contribution < -0.4 is 10.6 Å². The second-order valence-corrected chi connectivity index (χ2v) is 9.39. The highest BCUT2D eigenvalue weighted by Gasteiger charge is 2.47. The lowest BCUT2D eigenvalue weighted by molar-refractivity contribution is 0.0915. The van der Waals surface area contributed by atoms with Gasteiger partial charge < -0.3 is 10.6 Å². The van der Waals surface area contributed by atoms with E-state index in [1.807, 2.05) is 0 Å². The van der Waals surface area contributed by atoms with E-state index in [1.165, 1.54) is 12.1 Å².